The maximum Gasteiger partial charge on any atom is 0.164 e. The number of rotatable bonds is 5. The molecule has 7 aromatic carbocycles. The molecule has 5 nitrogen and oxygen atoms in total. The number of hydrogen-bond donors (Lipinski definition) is 0. The Labute approximate surface area is 287 Å². The molecule has 0 unspecified atom stereocenters. The number of nitrogens with zero attached hydrogens (tertiary/aromatic N) is 4. The van der Waals surface area contributed by atoms with E-state index in [-0.39, 0.29) is 0 Å². The topological polar surface area (TPSA) is 56.7 Å². The molecule has 0 N–H and O–H groups in total. The van der Waals surface area contributed by atoms with Gasteiger partial charge in [0.25, 0.3) is 0 Å². The van der Waals surface area contributed by atoms with Gasteiger partial charge in [-0.2, -0.15) is 0 Å². The number of furan rings is 1. The Bertz CT molecular complexity index is 2820. The van der Waals surface area contributed by atoms with Crippen LogP contribution in [0.3, 0.4) is 0 Å². The molecule has 0 saturated carbocycles. The SMILES string of the molecule is c1ccc(-c2nc(-c3ccccc3-c3ccccc3)nc(-c3cccc4oc5cc(-n6c7ccccc7c7ccccc76)ccc5c34)n2)cc#1. The molecule has 0 spiro atoms. The van der Waals surface area contributed by atoms with Gasteiger partial charge in [0.1, 0.15) is 11.2 Å². The maximum absolute atomic E-state index is 6.59. The predicted octanol–water partition coefficient (Wildman–Crippen LogP) is 11.1. The Balaban J connectivity index is 1.19. The zero-order chi connectivity index (χ0) is 33.0. The molecule has 0 aliphatic rings. The number of aromatic nitrogens is 4. The molecule has 0 aliphatic carbocycles. The van der Waals surface area contributed by atoms with E-state index in [1.54, 1.807) is 0 Å². The Kier molecular flexibility index (Phi) is 6.33. The molecule has 3 aromatic heterocycles. The Hall–Kier alpha value is -7.03. The third-order valence-electron chi connectivity index (χ3n) is 9.36. The first-order valence-electron chi connectivity index (χ1n) is 16.5. The van der Waals surface area contributed by atoms with Gasteiger partial charge in [-0.1, -0.05) is 115 Å². The largest absolute Gasteiger partial charge is 0.456 e. The van der Waals surface area contributed by atoms with Crippen LogP contribution in [0.15, 0.2) is 162 Å². The van der Waals surface area contributed by atoms with E-state index in [1.165, 1.54) is 10.8 Å². The third-order valence-corrected chi connectivity index (χ3v) is 9.36. The summed E-state index contributed by atoms with van der Waals surface area (Å²) in [5, 5.41) is 4.40. The van der Waals surface area contributed by atoms with Crippen LogP contribution in [-0.4, -0.2) is 19.5 Å². The Morgan fingerprint density at radius 1 is 0.460 bits per heavy atom. The monoisotopic (exact) mass is 638 g/mol. The lowest BCUT2D eigenvalue weighted by Gasteiger charge is -2.12. The molecule has 5 heteroatoms. The predicted molar refractivity (Wildman–Crippen MR) is 201 cm³/mol. The fraction of sp³-hybridized carbons (Fsp3) is 0. The summed E-state index contributed by atoms with van der Waals surface area (Å²) in [6.07, 6.45) is 0. The smallest absolute Gasteiger partial charge is 0.164 e. The van der Waals surface area contributed by atoms with Crippen molar-refractivity contribution in [3.05, 3.63) is 170 Å². The van der Waals surface area contributed by atoms with Gasteiger partial charge in [0.15, 0.2) is 17.5 Å². The highest BCUT2D eigenvalue weighted by atomic mass is 16.3. The standard InChI is InChI=1S/C45H26N4O/c1-3-14-29(15-4-1)32-18-7-8-21-35(32)44-46-43(30-16-5-2-6-17-30)47-45(48-44)37-22-13-25-40-42(37)36-27-26-31(28-41(36)50-40)49-38-23-11-9-19-33(38)34-20-10-12-24-39(34)49/h1,3-5,7-28H. The van der Waals surface area contributed by atoms with E-state index >= 15 is 0 Å². The first-order valence-corrected chi connectivity index (χ1v) is 16.5. The number of para-hydroxylation sites is 2. The summed E-state index contributed by atoms with van der Waals surface area (Å²) in [6.45, 7) is 0. The minimum Gasteiger partial charge on any atom is -0.456 e. The quantitative estimate of drug-likeness (QED) is 0.188. The van der Waals surface area contributed by atoms with Gasteiger partial charge in [-0.3, -0.25) is 0 Å². The van der Waals surface area contributed by atoms with Crippen molar-refractivity contribution in [3.63, 3.8) is 0 Å². The number of hydrogen-bond acceptors (Lipinski definition) is 4. The van der Waals surface area contributed by atoms with Gasteiger partial charge in [-0.05, 0) is 59.7 Å². The molecule has 0 atom stereocenters. The van der Waals surface area contributed by atoms with E-state index in [0.29, 0.717) is 17.5 Å². The molecular weight excluding hydrogens is 613 g/mol. The van der Waals surface area contributed by atoms with Crippen LogP contribution in [0.1, 0.15) is 0 Å². The van der Waals surface area contributed by atoms with Crippen LogP contribution in [-0.2, 0) is 0 Å². The highest BCUT2D eigenvalue weighted by Crippen LogP contribution is 2.39. The van der Waals surface area contributed by atoms with Gasteiger partial charge < -0.3 is 8.98 Å². The molecule has 0 saturated heterocycles. The first kappa shape index (κ1) is 28.0. The van der Waals surface area contributed by atoms with Crippen molar-refractivity contribution in [1.82, 2.24) is 19.5 Å². The molecule has 0 bridgehead atoms. The van der Waals surface area contributed by atoms with Crippen LogP contribution < -0.4 is 0 Å². The summed E-state index contributed by atoms with van der Waals surface area (Å²) in [5.41, 5.74) is 9.69. The maximum atomic E-state index is 6.59. The Morgan fingerprint density at radius 2 is 1.12 bits per heavy atom. The average molecular weight is 639 g/mol. The normalized spacial score (nSPS) is 11.4. The van der Waals surface area contributed by atoms with Crippen LogP contribution in [0.5, 0.6) is 0 Å². The van der Waals surface area contributed by atoms with Gasteiger partial charge in [0.05, 0.1) is 11.0 Å². The molecule has 0 radical (unpaired) electrons. The van der Waals surface area contributed by atoms with Crippen molar-refractivity contribution >= 4 is 43.7 Å². The second kappa shape index (κ2) is 11.3. The molecule has 0 amide bonds. The van der Waals surface area contributed by atoms with Crippen LogP contribution in [0, 0.1) is 12.1 Å². The summed E-state index contributed by atoms with van der Waals surface area (Å²) in [6, 6.07) is 59.9. The first-order chi connectivity index (χ1) is 24.8. The molecular formula is C45H26N4O. The van der Waals surface area contributed by atoms with Crippen LogP contribution >= 0.6 is 0 Å². The fourth-order valence-electron chi connectivity index (χ4n) is 7.12. The van der Waals surface area contributed by atoms with Crippen molar-refractivity contribution in [2.24, 2.45) is 0 Å². The van der Waals surface area contributed by atoms with E-state index in [4.69, 9.17) is 19.4 Å². The van der Waals surface area contributed by atoms with Gasteiger partial charge in [-0.25, -0.2) is 15.0 Å². The van der Waals surface area contributed by atoms with Crippen molar-refractivity contribution in [2.45, 2.75) is 0 Å². The lowest BCUT2D eigenvalue weighted by atomic mass is 9.99. The second-order valence-corrected chi connectivity index (χ2v) is 12.3. The summed E-state index contributed by atoms with van der Waals surface area (Å²) in [7, 11) is 0. The molecule has 0 aliphatic heterocycles. The van der Waals surface area contributed by atoms with Crippen molar-refractivity contribution in [1.29, 1.82) is 0 Å². The molecule has 10 aromatic rings. The van der Waals surface area contributed by atoms with Crippen molar-refractivity contribution in [2.75, 3.05) is 0 Å². The van der Waals surface area contributed by atoms with E-state index < -0.39 is 0 Å². The average Bonchev–Trinajstić information content (AvgIpc) is 3.74. The van der Waals surface area contributed by atoms with Gasteiger partial charge in [0.2, 0.25) is 0 Å². The van der Waals surface area contributed by atoms with Crippen molar-refractivity contribution in [3.8, 4) is 51.0 Å². The third kappa shape index (κ3) is 4.47. The van der Waals surface area contributed by atoms with Crippen LogP contribution in [0.4, 0.5) is 0 Å². The van der Waals surface area contributed by atoms with E-state index in [2.05, 4.69) is 114 Å². The van der Waals surface area contributed by atoms with E-state index in [9.17, 15) is 0 Å². The van der Waals surface area contributed by atoms with Crippen LogP contribution in [0.2, 0.25) is 0 Å². The van der Waals surface area contributed by atoms with E-state index in [0.717, 1.165) is 66.5 Å². The summed E-state index contributed by atoms with van der Waals surface area (Å²) in [4.78, 5) is 15.2. The van der Waals surface area contributed by atoms with Gasteiger partial charge in [-0.15, -0.1) is 0 Å². The number of benzene rings is 6. The minimum atomic E-state index is 0.566. The summed E-state index contributed by atoms with van der Waals surface area (Å²) in [5.74, 6) is 1.73. The molecule has 3 heterocycles. The zero-order valence-corrected chi connectivity index (χ0v) is 26.7. The summed E-state index contributed by atoms with van der Waals surface area (Å²) >= 11 is 0. The summed E-state index contributed by atoms with van der Waals surface area (Å²) < 4.78 is 8.90. The molecule has 50 heavy (non-hydrogen) atoms. The second-order valence-electron chi connectivity index (χ2n) is 12.3. The highest BCUT2D eigenvalue weighted by Gasteiger charge is 2.20. The molecule has 0 fully saturated rings. The molecule has 10 rings (SSSR count). The lowest BCUT2D eigenvalue weighted by molar-refractivity contribution is 0.668. The fourth-order valence-corrected chi connectivity index (χ4v) is 7.12. The minimum absolute atomic E-state index is 0.566. The van der Waals surface area contributed by atoms with E-state index in [1.807, 2.05) is 60.7 Å². The number of fused-ring (bicyclic) bond motifs is 6. The van der Waals surface area contributed by atoms with Crippen molar-refractivity contribution < 1.29 is 4.42 Å². The zero-order valence-electron chi connectivity index (χ0n) is 26.7. The highest BCUT2D eigenvalue weighted by molar-refractivity contribution is 6.13. The Morgan fingerprint density at radius 3 is 1.88 bits per heavy atom. The van der Waals surface area contributed by atoms with Gasteiger partial charge >= 0.3 is 0 Å². The lowest BCUT2D eigenvalue weighted by Crippen LogP contribution is -2.01. The van der Waals surface area contributed by atoms with Crippen LogP contribution in [0.25, 0.3) is 94.7 Å². The van der Waals surface area contributed by atoms with Gasteiger partial charge in [0, 0.05) is 50.0 Å². The molecule has 232 valence electrons.